The van der Waals surface area contributed by atoms with Crippen LogP contribution in [0.2, 0.25) is 15.2 Å². The number of benzene rings is 1. The molecule has 0 N–H and O–H groups in total. The molecule has 0 saturated carbocycles. The first kappa shape index (κ1) is 17.9. The Morgan fingerprint density at radius 3 is 2.61 bits per heavy atom. The molecule has 0 aliphatic heterocycles. The van der Waals surface area contributed by atoms with E-state index in [4.69, 9.17) is 39.6 Å². The standard InChI is InChI=1S/C13H9Cl3F3N3O/c1-22-12(16)9(11(21-22)13(17,18)19)5-20-23-6-7-2-3-8(14)4-10(7)15/h2-5H,6H2,1H3/b20-5+. The Bertz CT molecular complexity index is 744. The average molecular weight is 387 g/mol. The van der Waals surface area contributed by atoms with Gasteiger partial charge in [0.05, 0.1) is 11.8 Å². The minimum Gasteiger partial charge on any atom is -0.391 e. The SMILES string of the molecule is Cn1nc(C(F)(F)F)c(/C=N/OCc2ccc(Cl)cc2Cl)c1Cl. The van der Waals surface area contributed by atoms with E-state index in [-0.39, 0.29) is 17.3 Å². The number of nitrogens with zero attached hydrogens (tertiary/aromatic N) is 3. The van der Waals surface area contributed by atoms with Gasteiger partial charge < -0.3 is 4.84 Å². The van der Waals surface area contributed by atoms with E-state index in [1.165, 1.54) is 13.1 Å². The van der Waals surface area contributed by atoms with Crippen LogP contribution in [0, 0.1) is 0 Å². The molecule has 1 aromatic carbocycles. The van der Waals surface area contributed by atoms with E-state index in [1.54, 1.807) is 12.1 Å². The molecule has 0 bridgehead atoms. The molecule has 0 atom stereocenters. The maximum Gasteiger partial charge on any atom is 0.435 e. The molecule has 0 amide bonds. The van der Waals surface area contributed by atoms with Crippen LogP contribution in [0.3, 0.4) is 0 Å². The van der Waals surface area contributed by atoms with Crippen molar-refractivity contribution in [1.29, 1.82) is 0 Å². The van der Waals surface area contributed by atoms with Crippen molar-refractivity contribution < 1.29 is 18.0 Å². The molecule has 0 fully saturated rings. The molecule has 2 aromatic rings. The van der Waals surface area contributed by atoms with Gasteiger partial charge in [0.2, 0.25) is 0 Å². The monoisotopic (exact) mass is 385 g/mol. The molecular weight excluding hydrogens is 378 g/mol. The lowest BCUT2D eigenvalue weighted by Gasteiger charge is -2.04. The van der Waals surface area contributed by atoms with Gasteiger partial charge in [-0.15, -0.1) is 0 Å². The number of aromatic nitrogens is 2. The zero-order valence-corrected chi connectivity index (χ0v) is 13.8. The molecule has 0 saturated heterocycles. The second-order valence-electron chi connectivity index (χ2n) is 4.42. The summed E-state index contributed by atoms with van der Waals surface area (Å²) < 4.78 is 39.4. The zero-order chi connectivity index (χ0) is 17.2. The predicted octanol–water partition coefficient (Wildman–Crippen LogP) is 4.95. The molecule has 10 heteroatoms. The quantitative estimate of drug-likeness (QED) is 0.551. The molecule has 0 aliphatic carbocycles. The lowest BCUT2D eigenvalue weighted by Crippen LogP contribution is -2.09. The number of aryl methyl sites for hydroxylation is 1. The maximum absolute atomic E-state index is 12.8. The van der Waals surface area contributed by atoms with E-state index in [1.807, 2.05) is 0 Å². The fourth-order valence-corrected chi connectivity index (χ4v) is 2.32. The second-order valence-corrected chi connectivity index (χ2v) is 5.62. The summed E-state index contributed by atoms with van der Waals surface area (Å²) in [6, 6.07) is 4.75. The number of oxime groups is 1. The fourth-order valence-electron chi connectivity index (χ4n) is 1.68. The van der Waals surface area contributed by atoms with E-state index in [2.05, 4.69) is 10.3 Å². The Hall–Kier alpha value is -1.44. The summed E-state index contributed by atoms with van der Waals surface area (Å²) in [5, 5.41) is 7.44. The average Bonchev–Trinajstić information content (AvgIpc) is 2.73. The smallest absolute Gasteiger partial charge is 0.391 e. The van der Waals surface area contributed by atoms with Gasteiger partial charge in [0.25, 0.3) is 0 Å². The largest absolute Gasteiger partial charge is 0.435 e. The van der Waals surface area contributed by atoms with Crippen molar-refractivity contribution in [2.24, 2.45) is 12.2 Å². The first-order chi connectivity index (χ1) is 10.7. The van der Waals surface area contributed by atoms with Crippen LogP contribution < -0.4 is 0 Å². The summed E-state index contributed by atoms with van der Waals surface area (Å²) in [7, 11) is 1.29. The van der Waals surface area contributed by atoms with Crippen molar-refractivity contribution in [2.45, 2.75) is 12.8 Å². The number of halogens is 6. The van der Waals surface area contributed by atoms with E-state index < -0.39 is 11.9 Å². The van der Waals surface area contributed by atoms with Crippen molar-refractivity contribution in [3.8, 4) is 0 Å². The van der Waals surface area contributed by atoms with Crippen LogP contribution in [-0.4, -0.2) is 16.0 Å². The van der Waals surface area contributed by atoms with E-state index >= 15 is 0 Å². The van der Waals surface area contributed by atoms with Gasteiger partial charge in [-0.1, -0.05) is 46.0 Å². The van der Waals surface area contributed by atoms with Gasteiger partial charge in [0, 0.05) is 22.7 Å². The minimum atomic E-state index is -4.65. The summed E-state index contributed by atoms with van der Waals surface area (Å²) in [5.41, 5.74) is -0.924. The highest BCUT2D eigenvalue weighted by Gasteiger charge is 2.38. The molecule has 0 radical (unpaired) electrons. The van der Waals surface area contributed by atoms with Crippen LogP contribution in [0.1, 0.15) is 16.8 Å². The summed E-state index contributed by atoms with van der Waals surface area (Å²) in [6.45, 7) is -0.0360. The molecule has 4 nitrogen and oxygen atoms in total. The summed E-state index contributed by atoms with van der Waals surface area (Å²) in [6.07, 6.45) is -3.78. The Morgan fingerprint density at radius 1 is 1.30 bits per heavy atom. The highest BCUT2D eigenvalue weighted by atomic mass is 35.5. The van der Waals surface area contributed by atoms with Crippen molar-refractivity contribution in [3.05, 3.63) is 50.2 Å². The first-order valence-electron chi connectivity index (χ1n) is 6.09. The Morgan fingerprint density at radius 2 is 2.00 bits per heavy atom. The van der Waals surface area contributed by atoms with Gasteiger partial charge in [0.15, 0.2) is 5.69 Å². The van der Waals surface area contributed by atoms with Gasteiger partial charge >= 0.3 is 6.18 Å². The van der Waals surface area contributed by atoms with Crippen LogP contribution in [-0.2, 0) is 24.7 Å². The number of alkyl halides is 3. The van der Waals surface area contributed by atoms with E-state index in [9.17, 15) is 13.2 Å². The van der Waals surface area contributed by atoms with Gasteiger partial charge in [-0.25, -0.2) is 0 Å². The van der Waals surface area contributed by atoms with Gasteiger partial charge in [-0.3, -0.25) is 4.68 Å². The predicted molar refractivity (Wildman–Crippen MR) is 82.1 cm³/mol. The minimum absolute atomic E-state index is 0.0360. The van der Waals surface area contributed by atoms with Crippen molar-refractivity contribution in [2.75, 3.05) is 0 Å². The summed E-state index contributed by atoms with van der Waals surface area (Å²) >= 11 is 17.5. The Kier molecular flexibility index (Phi) is 5.44. The van der Waals surface area contributed by atoms with Gasteiger partial charge in [0.1, 0.15) is 11.8 Å². The highest BCUT2D eigenvalue weighted by Crippen LogP contribution is 2.33. The zero-order valence-electron chi connectivity index (χ0n) is 11.5. The Balaban J connectivity index is 2.12. The van der Waals surface area contributed by atoms with Crippen molar-refractivity contribution in [3.63, 3.8) is 0 Å². The number of hydrogen-bond acceptors (Lipinski definition) is 3. The molecule has 2 rings (SSSR count). The van der Waals surface area contributed by atoms with Crippen LogP contribution >= 0.6 is 34.8 Å². The third-order valence-corrected chi connectivity index (χ3v) is 3.81. The highest BCUT2D eigenvalue weighted by molar-refractivity contribution is 6.35. The van der Waals surface area contributed by atoms with Crippen LogP contribution in [0.15, 0.2) is 23.4 Å². The van der Waals surface area contributed by atoms with Crippen molar-refractivity contribution in [1.82, 2.24) is 9.78 Å². The maximum atomic E-state index is 12.8. The Labute approximate surface area is 144 Å². The molecule has 0 aliphatic rings. The van der Waals surface area contributed by atoms with Crippen LogP contribution in [0.5, 0.6) is 0 Å². The molecule has 0 unspecified atom stereocenters. The molecular formula is C13H9Cl3F3N3O. The molecule has 0 spiro atoms. The topological polar surface area (TPSA) is 39.4 Å². The van der Waals surface area contributed by atoms with E-state index in [0.29, 0.717) is 15.6 Å². The second kappa shape index (κ2) is 6.98. The lowest BCUT2D eigenvalue weighted by atomic mass is 10.2. The van der Waals surface area contributed by atoms with Gasteiger partial charge in [-0.2, -0.15) is 18.3 Å². The molecule has 1 aromatic heterocycles. The third-order valence-electron chi connectivity index (χ3n) is 2.77. The van der Waals surface area contributed by atoms with Crippen LogP contribution in [0.25, 0.3) is 0 Å². The van der Waals surface area contributed by atoms with E-state index in [0.717, 1.165) is 10.9 Å². The van der Waals surface area contributed by atoms with Gasteiger partial charge in [-0.05, 0) is 12.1 Å². The summed E-state index contributed by atoms with van der Waals surface area (Å²) in [5.74, 6) is 0. The first-order valence-corrected chi connectivity index (χ1v) is 7.22. The molecule has 124 valence electrons. The third kappa shape index (κ3) is 4.31. The van der Waals surface area contributed by atoms with Crippen molar-refractivity contribution >= 4 is 41.0 Å². The molecule has 1 heterocycles. The number of hydrogen-bond donors (Lipinski definition) is 0. The van der Waals surface area contributed by atoms with Crippen LogP contribution in [0.4, 0.5) is 13.2 Å². The fraction of sp³-hybridized carbons (Fsp3) is 0.231. The molecule has 23 heavy (non-hydrogen) atoms. The number of rotatable bonds is 4. The summed E-state index contributed by atoms with van der Waals surface area (Å²) in [4.78, 5) is 4.96. The normalized spacial score (nSPS) is 12.1. The lowest BCUT2D eigenvalue weighted by molar-refractivity contribution is -0.141.